The van der Waals surface area contributed by atoms with E-state index in [4.69, 9.17) is 4.42 Å². The van der Waals surface area contributed by atoms with Gasteiger partial charge in [-0.05, 0) is 86.3 Å². The van der Waals surface area contributed by atoms with Crippen LogP contribution in [0.4, 0.5) is 0 Å². The molecular weight excluding hydrogens is 571 g/mol. The molecule has 2 aliphatic rings. The zero-order valence-electron chi connectivity index (χ0n) is 25.3. The van der Waals surface area contributed by atoms with Crippen LogP contribution < -0.4 is 0 Å². The second kappa shape index (κ2) is 8.17. The molecule has 0 atom stereocenters. The van der Waals surface area contributed by atoms with Gasteiger partial charge >= 0.3 is 0 Å². The van der Waals surface area contributed by atoms with Crippen LogP contribution in [0, 0.1) is 0 Å². The fourth-order valence-electron chi connectivity index (χ4n) is 9.43. The molecule has 216 valence electrons. The smallest absolute Gasteiger partial charge is 0.143 e. The van der Waals surface area contributed by atoms with E-state index in [-0.39, 0.29) is 5.41 Å². The largest absolute Gasteiger partial charge is 0.455 e. The molecule has 8 aromatic carbocycles. The van der Waals surface area contributed by atoms with Gasteiger partial charge in [-0.2, -0.15) is 0 Å². The summed E-state index contributed by atoms with van der Waals surface area (Å²) in [6, 6.07) is 56.3. The SMILES string of the molecule is c1ccc2c(c1)-c1ccccc1C21c2ccccc2-c2ccc(-n3c4cccc5ccc6c7oc8ccccc8c7cc3c6c54)cc21. The highest BCUT2D eigenvalue weighted by atomic mass is 16.3. The summed E-state index contributed by atoms with van der Waals surface area (Å²) in [5.41, 5.74) is 15.9. The molecule has 0 unspecified atom stereocenters. The molecule has 0 fully saturated rings. The Balaban J connectivity index is 1.24. The van der Waals surface area contributed by atoms with E-state index < -0.39 is 0 Å². The molecule has 12 rings (SSSR count). The fraction of sp³-hybridized carbons (Fsp3) is 0.0222. The number of rotatable bonds is 1. The quantitative estimate of drug-likeness (QED) is 0.173. The van der Waals surface area contributed by atoms with Crippen LogP contribution in [-0.2, 0) is 5.41 Å². The second-order valence-electron chi connectivity index (χ2n) is 13.2. The van der Waals surface area contributed by atoms with Crippen molar-refractivity contribution in [3.8, 4) is 27.9 Å². The van der Waals surface area contributed by atoms with Crippen LogP contribution in [0.5, 0.6) is 0 Å². The van der Waals surface area contributed by atoms with Gasteiger partial charge in [0.15, 0.2) is 0 Å². The topological polar surface area (TPSA) is 18.1 Å². The van der Waals surface area contributed by atoms with Crippen molar-refractivity contribution < 1.29 is 4.42 Å². The number of furan rings is 1. The molecule has 2 heterocycles. The van der Waals surface area contributed by atoms with Gasteiger partial charge in [0.25, 0.3) is 0 Å². The summed E-state index contributed by atoms with van der Waals surface area (Å²) in [6.45, 7) is 0. The van der Waals surface area contributed by atoms with Crippen molar-refractivity contribution >= 4 is 54.5 Å². The Morgan fingerprint density at radius 2 is 1.09 bits per heavy atom. The van der Waals surface area contributed by atoms with Gasteiger partial charge in [-0.3, -0.25) is 0 Å². The van der Waals surface area contributed by atoms with Crippen LogP contribution in [-0.4, -0.2) is 4.57 Å². The molecule has 1 spiro atoms. The highest BCUT2D eigenvalue weighted by Gasteiger charge is 2.51. The molecule has 2 nitrogen and oxygen atoms in total. The summed E-state index contributed by atoms with van der Waals surface area (Å²) < 4.78 is 9.04. The minimum absolute atomic E-state index is 0.381. The lowest BCUT2D eigenvalue weighted by Crippen LogP contribution is -2.26. The average Bonchev–Trinajstić information content (AvgIpc) is 3.85. The molecule has 0 N–H and O–H groups in total. The van der Waals surface area contributed by atoms with E-state index in [0.717, 1.165) is 21.9 Å². The minimum Gasteiger partial charge on any atom is -0.455 e. The zero-order chi connectivity index (χ0) is 30.4. The van der Waals surface area contributed by atoms with Crippen molar-refractivity contribution in [3.63, 3.8) is 0 Å². The van der Waals surface area contributed by atoms with Crippen LogP contribution in [0.15, 0.2) is 156 Å². The van der Waals surface area contributed by atoms with Gasteiger partial charge in [0, 0.05) is 32.6 Å². The molecule has 0 radical (unpaired) electrons. The lowest BCUT2D eigenvalue weighted by molar-refractivity contribution is 0.673. The monoisotopic (exact) mass is 595 g/mol. The molecule has 0 saturated carbocycles. The third-order valence-electron chi connectivity index (χ3n) is 11.2. The highest BCUT2D eigenvalue weighted by molar-refractivity contribution is 6.31. The normalized spacial score (nSPS) is 14.1. The Bertz CT molecular complexity index is 2910. The molecule has 0 bridgehead atoms. The predicted octanol–water partition coefficient (Wildman–Crippen LogP) is 11.6. The first kappa shape index (κ1) is 24.2. The molecule has 10 aromatic rings. The first-order valence-electron chi connectivity index (χ1n) is 16.4. The maximum atomic E-state index is 6.54. The molecule has 47 heavy (non-hydrogen) atoms. The number of para-hydroxylation sites is 1. The molecular formula is C45H25NO. The van der Waals surface area contributed by atoms with Gasteiger partial charge in [0.1, 0.15) is 11.2 Å². The Labute approximate surface area is 270 Å². The van der Waals surface area contributed by atoms with E-state index in [1.807, 2.05) is 0 Å². The van der Waals surface area contributed by atoms with Crippen molar-refractivity contribution in [2.24, 2.45) is 0 Å². The van der Waals surface area contributed by atoms with E-state index in [1.165, 1.54) is 82.8 Å². The molecule has 0 amide bonds. The van der Waals surface area contributed by atoms with Gasteiger partial charge in [-0.15, -0.1) is 0 Å². The minimum atomic E-state index is -0.381. The molecule has 2 aromatic heterocycles. The Kier molecular flexibility index (Phi) is 4.20. The number of nitrogens with zero attached hydrogens (tertiary/aromatic N) is 1. The van der Waals surface area contributed by atoms with Gasteiger partial charge in [-0.25, -0.2) is 0 Å². The summed E-state index contributed by atoms with van der Waals surface area (Å²) in [4.78, 5) is 0. The van der Waals surface area contributed by atoms with Gasteiger partial charge in [0.2, 0.25) is 0 Å². The van der Waals surface area contributed by atoms with Crippen LogP contribution in [0.1, 0.15) is 22.3 Å². The first-order valence-corrected chi connectivity index (χ1v) is 16.4. The maximum Gasteiger partial charge on any atom is 0.143 e. The third kappa shape index (κ3) is 2.69. The fourth-order valence-corrected chi connectivity index (χ4v) is 9.43. The molecule has 2 heteroatoms. The van der Waals surface area contributed by atoms with Crippen LogP contribution in [0.2, 0.25) is 0 Å². The summed E-state index contributed by atoms with van der Waals surface area (Å²) in [5, 5.41) is 7.28. The zero-order valence-corrected chi connectivity index (χ0v) is 25.3. The predicted molar refractivity (Wildman–Crippen MR) is 193 cm³/mol. The summed E-state index contributed by atoms with van der Waals surface area (Å²) in [6.07, 6.45) is 0. The van der Waals surface area contributed by atoms with Crippen LogP contribution in [0.3, 0.4) is 0 Å². The average molecular weight is 596 g/mol. The van der Waals surface area contributed by atoms with Crippen molar-refractivity contribution in [2.45, 2.75) is 5.41 Å². The number of hydrogen-bond acceptors (Lipinski definition) is 1. The first-order chi connectivity index (χ1) is 23.3. The number of fused-ring (bicyclic) bond motifs is 14. The number of hydrogen-bond donors (Lipinski definition) is 0. The molecule has 0 saturated heterocycles. The Morgan fingerprint density at radius 3 is 1.83 bits per heavy atom. The number of benzene rings is 8. The number of aromatic nitrogens is 1. The highest BCUT2D eigenvalue weighted by Crippen LogP contribution is 2.63. The standard InChI is InChI=1S/C45H25NO/c1-5-15-35-28(11-1)29-12-2-6-16-36(29)45(35)37-17-7-3-13-30(37)31-23-21-27(24-38(31)45)46-39-18-9-10-26-20-22-33-43(42(26)39)40(46)25-34-32-14-4-8-19-41(32)47-44(33)34/h1-25H. The van der Waals surface area contributed by atoms with Crippen LogP contribution in [0.25, 0.3) is 82.5 Å². The van der Waals surface area contributed by atoms with Gasteiger partial charge < -0.3 is 8.98 Å². The lowest BCUT2D eigenvalue weighted by Gasteiger charge is -2.30. The van der Waals surface area contributed by atoms with Crippen LogP contribution >= 0.6 is 0 Å². The van der Waals surface area contributed by atoms with Crippen molar-refractivity contribution in [1.29, 1.82) is 0 Å². The lowest BCUT2D eigenvalue weighted by atomic mass is 9.70. The molecule has 0 aliphatic heterocycles. The van der Waals surface area contributed by atoms with E-state index in [9.17, 15) is 0 Å². The van der Waals surface area contributed by atoms with E-state index >= 15 is 0 Å². The third-order valence-corrected chi connectivity index (χ3v) is 11.2. The summed E-state index contributed by atoms with van der Waals surface area (Å²) >= 11 is 0. The van der Waals surface area contributed by atoms with Crippen molar-refractivity contribution in [2.75, 3.05) is 0 Å². The van der Waals surface area contributed by atoms with Gasteiger partial charge in [-0.1, -0.05) is 115 Å². The van der Waals surface area contributed by atoms with E-state index in [0.29, 0.717) is 0 Å². The Morgan fingerprint density at radius 1 is 0.426 bits per heavy atom. The summed E-state index contributed by atoms with van der Waals surface area (Å²) in [7, 11) is 0. The second-order valence-corrected chi connectivity index (χ2v) is 13.2. The van der Waals surface area contributed by atoms with Gasteiger partial charge in [0.05, 0.1) is 16.4 Å². The summed E-state index contributed by atoms with van der Waals surface area (Å²) in [5.74, 6) is 0. The Hall–Kier alpha value is -6.12. The van der Waals surface area contributed by atoms with E-state index in [2.05, 4.69) is 156 Å². The molecule has 2 aliphatic carbocycles. The van der Waals surface area contributed by atoms with Crippen molar-refractivity contribution in [3.05, 3.63) is 174 Å². The maximum absolute atomic E-state index is 6.54. The van der Waals surface area contributed by atoms with Crippen molar-refractivity contribution in [1.82, 2.24) is 4.57 Å². The van der Waals surface area contributed by atoms with E-state index in [1.54, 1.807) is 0 Å².